The van der Waals surface area contributed by atoms with Crippen molar-refractivity contribution in [1.82, 2.24) is 5.16 Å². The summed E-state index contributed by atoms with van der Waals surface area (Å²) in [6.07, 6.45) is 0. The third-order valence-electron chi connectivity index (χ3n) is 2.72. The minimum Gasteiger partial charge on any atom is -0.354 e. The SMILES string of the molecule is O=C(Nc1noc2ccccc12)c1ccc(Cl)cc1. The van der Waals surface area contributed by atoms with Gasteiger partial charge in [0.2, 0.25) is 0 Å². The molecule has 0 unspecified atom stereocenters. The number of benzene rings is 2. The van der Waals surface area contributed by atoms with Crippen LogP contribution in [0, 0.1) is 0 Å². The zero-order valence-electron chi connectivity index (χ0n) is 9.76. The van der Waals surface area contributed by atoms with E-state index in [1.54, 1.807) is 30.3 Å². The van der Waals surface area contributed by atoms with E-state index in [-0.39, 0.29) is 5.91 Å². The molecule has 2 aromatic carbocycles. The lowest BCUT2D eigenvalue weighted by molar-refractivity contribution is 0.102. The molecule has 4 nitrogen and oxygen atoms in total. The summed E-state index contributed by atoms with van der Waals surface area (Å²) in [5.74, 6) is 0.159. The van der Waals surface area contributed by atoms with E-state index in [0.717, 1.165) is 5.39 Å². The van der Waals surface area contributed by atoms with Crippen LogP contribution in [0.15, 0.2) is 53.1 Å². The minimum absolute atomic E-state index is 0.254. The number of para-hydroxylation sites is 1. The first-order valence-corrected chi connectivity index (χ1v) is 6.03. The maximum Gasteiger partial charge on any atom is 0.256 e. The number of carbonyl (C=O) groups is 1. The molecular weight excluding hydrogens is 264 g/mol. The topological polar surface area (TPSA) is 55.1 Å². The van der Waals surface area contributed by atoms with E-state index >= 15 is 0 Å². The first-order valence-electron chi connectivity index (χ1n) is 5.65. The first kappa shape index (κ1) is 11.7. The average Bonchev–Trinajstić information content (AvgIpc) is 2.83. The van der Waals surface area contributed by atoms with Crippen LogP contribution in [0.3, 0.4) is 0 Å². The molecule has 0 aliphatic heterocycles. The molecule has 3 rings (SSSR count). The number of halogens is 1. The van der Waals surface area contributed by atoms with E-state index in [1.807, 2.05) is 18.2 Å². The molecule has 1 aromatic heterocycles. The van der Waals surface area contributed by atoms with Gasteiger partial charge in [0.15, 0.2) is 11.4 Å². The van der Waals surface area contributed by atoms with Gasteiger partial charge >= 0.3 is 0 Å². The smallest absolute Gasteiger partial charge is 0.256 e. The molecule has 3 aromatic rings. The van der Waals surface area contributed by atoms with Gasteiger partial charge in [-0.05, 0) is 36.4 Å². The summed E-state index contributed by atoms with van der Waals surface area (Å²) in [5.41, 5.74) is 1.14. The summed E-state index contributed by atoms with van der Waals surface area (Å²) in [6.45, 7) is 0. The summed E-state index contributed by atoms with van der Waals surface area (Å²) >= 11 is 5.78. The molecule has 19 heavy (non-hydrogen) atoms. The number of rotatable bonds is 2. The van der Waals surface area contributed by atoms with Gasteiger partial charge in [0.25, 0.3) is 5.91 Å². The number of hydrogen-bond acceptors (Lipinski definition) is 3. The average molecular weight is 273 g/mol. The minimum atomic E-state index is -0.254. The van der Waals surface area contributed by atoms with Crippen molar-refractivity contribution in [1.29, 1.82) is 0 Å². The standard InChI is InChI=1S/C14H9ClN2O2/c15-10-7-5-9(6-8-10)14(18)16-13-11-3-1-2-4-12(11)19-17-13/h1-8H,(H,16,17,18). The van der Waals surface area contributed by atoms with E-state index < -0.39 is 0 Å². The van der Waals surface area contributed by atoms with Gasteiger partial charge in [0.05, 0.1) is 5.39 Å². The molecule has 5 heteroatoms. The lowest BCUT2D eigenvalue weighted by Gasteiger charge is -2.01. The molecule has 0 aliphatic carbocycles. The number of nitrogens with zero attached hydrogens (tertiary/aromatic N) is 1. The molecule has 0 radical (unpaired) electrons. The van der Waals surface area contributed by atoms with Crippen molar-refractivity contribution in [3.63, 3.8) is 0 Å². The van der Waals surface area contributed by atoms with Gasteiger partial charge in [-0.15, -0.1) is 0 Å². The zero-order chi connectivity index (χ0) is 13.2. The predicted octanol–water partition coefficient (Wildman–Crippen LogP) is 3.73. The number of fused-ring (bicyclic) bond motifs is 1. The van der Waals surface area contributed by atoms with Crippen molar-refractivity contribution in [2.75, 3.05) is 5.32 Å². The fourth-order valence-corrected chi connectivity index (χ4v) is 1.88. The maximum atomic E-state index is 12.0. The third kappa shape index (κ3) is 2.30. The quantitative estimate of drug-likeness (QED) is 0.773. The largest absolute Gasteiger partial charge is 0.354 e. The van der Waals surface area contributed by atoms with Gasteiger partial charge in [0, 0.05) is 10.6 Å². The highest BCUT2D eigenvalue weighted by atomic mass is 35.5. The van der Waals surface area contributed by atoms with Crippen molar-refractivity contribution >= 4 is 34.3 Å². The van der Waals surface area contributed by atoms with Crippen molar-refractivity contribution in [2.45, 2.75) is 0 Å². The lowest BCUT2D eigenvalue weighted by Crippen LogP contribution is -2.12. The van der Waals surface area contributed by atoms with Crippen LogP contribution in [-0.2, 0) is 0 Å². The van der Waals surface area contributed by atoms with E-state index in [9.17, 15) is 4.79 Å². The van der Waals surface area contributed by atoms with Crippen LogP contribution in [0.1, 0.15) is 10.4 Å². The maximum absolute atomic E-state index is 12.0. The Balaban J connectivity index is 1.89. The molecule has 1 N–H and O–H groups in total. The van der Waals surface area contributed by atoms with Crippen LogP contribution in [0.2, 0.25) is 5.02 Å². The van der Waals surface area contributed by atoms with Crippen LogP contribution in [-0.4, -0.2) is 11.1 Å². The van der Waals surface area contributed by atoms with Crippen molar-refractivity contribution in [3.05, 3.63) is 59.1 Å². The van der Waals surface area contributed by atoms with Crippen molar-refractivity contribution < 1.29 is 9.32 Å². The number of amides is 1. The monoisotopic (exact) mass is 272 g/mol. The normalized spacial score (nSPS) is 10.6. The van der Waals surface area contributed by atoms with Crippen LogP contribution in [0.25, 0.3) is 11.0 Å². The highest BCUT2D eigenvalue weighted by Gasteiger charge is 2.12. The molecule has 0 spiro atoms. The van der Waals surface area contributed by atoms with Gasteiger partial charge in [-0.1, -0.05) is 28.9 Å². The second kappa shape index (κ2) is 4.74. The number of nitrogens with one attached hydrogen (secondary N) is 1. The molecule has 0 atom stereocenters. The van der Waals surface area contributed by atoms with Crippen LogP contribution < -0.4 is 5.32 Å². The molecule has 0 saturated heterocycles. The van der Waals surface area contributed by atoms with E-state index in [1.165, 1.54) is 0 Å². The Morgan fingerprint density at radius 2 is 1.84 bits per heavy atom. The highest BCUT2D eigenvalue weighted by Crippen LogP contribution is 2.22. The predicted molar refractivity (Wildman–Crippen MR) is 73.4 cm³/mol. The van der Waals surface area contributed by atoms with Crippen LogP contribution in [0.4, 0.5) is 5.82 Å². The molecular formula is C14H9ClN2O2. The Hall–Kier alpha value is -2.33. The van der Waals surface area contributed by atoms with Gasteiger partial charge in [0.1, 0.15) is 0 Å². The summed E-state index contributed by atoms with van der Waals surface area (Å²) in [7, 11) is 0. The fourth-order valence-electron chi connectivity index (χ4n) is 1.76. The molecule has 0 aliphatic rings. The number of carbonyl (C=O) groups excluding carboxylic acids is 1. The Morgan fingerprint density at radius 3 is 2.63 bits per heavy atom. The lowest BCUT2D eigenvalue weighted by atomic mass is 10.2. The van der Waals surface area contributed by atoms with E-state index in [2.05, 4.69) is 10.5 Å². The molecule has 94 valence electrons. The van der Waals surface area contributed by atoms with Gasteiger partial charge < -0.3 is 9.84 Å². The molecule has 0 bridgehead atoms. The molecule has 0 fully saturated rings. The summed E-state index contributed by atoms with van der Waals surface area (Å²) < 4.78 is 5.12. The zero-order valence-corrected chi connectivity index (χ0v) is 10.5. The Morgan fingerprint density at radius 1 is 1.11 bits per heavy atom. The first-order chi connectivity index (χ1) is 9.24. The summed E-state index contributed by atoms with van der Waals surface area (Å²) in [6, 6.07) is 14.0. The van der Waals surface area contributed by atoms with Gasteiger partial charge in [-0.25, -0.2) is 0 Å². The van der Waals surface area contributed by atoms with Crippen LogP contribution in [0.5, 0.6) is 0 Å². The number of hydrogen-bond donors (Lipinski definition) is 1. The number of anilines is 1. The Labute approximate surface area is 114 Å². The summed E-state index contributed by atoms with van der Waals surface area (Å²) in [4.78, 5) is 12.0. The molecule has 1 amide bonds. The molecule has 1 heterocycles. The third-order valence-corrected chi connectivity index (χ3v) is 2.97. The van der Waals surface area contributed by atoms with E-state index in [0.29, 0.717) is 22.0 Å². The fraction of sp³-hybridized carbons (Fsp3) is 0. The van der Waals surface area contributed by atoms with Crippen LogP contribution >= 0.6 is 11.6 Å². The Bertz CT molecular complexity index is 735. The second-order valence-electron chi connectivity index (χ2n) is 3.99. The van der Waals surface area contributed by atoms with E-state index in [4.69, 9.17) is 16.1 Å². The van der Waals surface area contributed by atoms with Gasteiger partial charge in [-0.2, -0.15) is 0 Å². The van der Waals surface area contributed by atoms with Crippen molar-refractivity contribution in [3.8, 4) is 0 Å². The van der Waals surface area contributed by atoms with Crippen molar-refractivity contribution in [2.24, 2.45) is 0 Å². The summed E-state index contributed by atoms with van der Waals surface area (Å²) in [5, 5.41) is 7.91. The Kier molecular flexibility index (Phi) is 2.93. The second-order valence-corrected chi connectivity index (χ2v) is 4.42. The van der Waals surface area contributed by atoms with Gasteiger partial charge in [-0.3, -0.25) is 4.79 Å². The highest BCUT2D eigenvalue weighted by molar-refractivity contribution is 6.30. The number of aromatic nitrogens is 1. The molecule has 0 saturated carbocycles.